The molecule has 0 aromatic heterocycles. The lowest BCUT2D eigenvalue weighted by atomic mass is 10.1. The average molecular weight is 383 g/mol. The highest BCUT2D eigenvalue weighted by Crippen LogP contribution is 2.15. The highest BCUT2D eigenvalue weighted by atomic mass is 79.9. The number of halogens is 1. The molecule has 1 saturated heterocycles. The molecule has 0 N–H and O–H groups in total. The lowest BCUT2D eigenvalue weighted by Crippen LogP contribution is -2.51. The van der Waals surface area contributed by atoms with Crippen molar-refractivity contribution in [2.24, 2.45) is 0 Å². The largest absolute Gasteiger partial charge is 0.444 e. The molecule has 2 amide bonds. The Morgan fingerprint density at radius 2 is 1.74 bits per heavy atom. The van der Waals surface area contributed by atoms with Crippen molar-refractivity contribution in [1.29, 1.82) is 0 Å². The standard InChI is InChI=1S/C17H23BrN2O3/c1-17(2,3)23-16(22)20-9-7-19(8-10-20)15(21)14-6-4-5-13(11-14)12-18/h4-6,11H,7-10,12H2,1-3H3. The van der Waals surface area contributed by atoms with Crippen LogP contribution in [0.5, 0.6) is 0 Å². The van der Waals surface area contributed by atoms with Crippen LogP contribution in [-0.4, -0.2) is 53.6 Å². The minimum absolute atomic E-state index is 0.0108. The Morgan fingerprint density at radius 3 is 2.30 bits per heavy atom. The number of hydrogen-bond donors (Lipinski definition) is 0. The van der Waals surface area contributed by atoms with Gasteiger partial charge < -0.3 is 14.5 Å². The first-order valence-electron chi connectivity index (χ1n) is 7.72. The molecular weight excluding hydrogens is 360 g/mol. The molecule has 0 aliphatic carbocycles. The fraction of sp³-hybridized carbons (Fsp3) is 0.529. The van der Waals surface area contributed by atoms with E-state index in [0.717, 1.165) is 10.9 Å². The van der Waals surface area contributed by atoms with Crippen LogP contribution in [0.3, 0.4) is 0 Å². The molecule has 0 saturated carbocycles. The van der Waals surface area contributed by atoms with Gasteiger partial charge in [-0.1, -0.05) is 28.1 Å². The summed E-state index contributed by atoms with van der Waals surface area (Å²) < 4.78 is 5.37. The smallest absolute Gasteiger partial charge is 0.410 e. The molecule has 23 heavy (non-hydrogen) atoms. The molecule has 5 nitrogen and oxygen atoms in total. The molecular formula is C17H23BrN2O3. The zero-order valence-corrected chi connectivity index (χ0v) is 15.4. The van der Waals surface area contributed by atoms with E-state index in [1.54, 1.807) is 9.80 Å². The second-order valence-corrected chi connectivity index (χ2v) is 7.15. The molecule has 126 valence electrons. The maximum absolute atomic E-state index is 12.5. The summed E-state index contributed by atoms with van der Waals surface area (Å²) in [7, 11) is 0. The van der Waals surface area contributed by atoms with E-state index >= 15 is 0 Å². The number of amides is 2. The number of nitrogens with zero attached hydrogens (tertiary/aromatic N) is 2. The number of carbonyl (C=O) groups is 2. The van der Waals surface area contributed by atoms with Gasteiger partial charge in [-0.05, 0) is 38.5 Å². The number of ether oxygens (including phenoxy) is 1. The first kappa shape index (κ1) is 17.8. The van der Waals surface area contributed by atoms with Gasteiger partial charge in [0.2, 0.25) is 0 Å². The zero-order chi connectivity index (χ0) is 17.0. The Bertz CT molecular complexity index is 575. The van der Waals surface area contributed by atoms with Crippen LogP contribution >= 0.6 is 15.9 Å². The SMILES string of the molecule is CC(C)(C)OC(=O)N1CCN(C(=O)c2cccc(CBr)c2)CC1. The minimum Gasteiger partial charge on any atom is -0.444 e. The van der Waals surface area contributed by atoms with Crippen LogP contribution in [0, 0.1) is 0 Å². The summed E-state index contributed by atoms with van der Waals surface area (Å²) in [6.45, 7) is 7.59. The summed E-state index contributed by atoms with van der Waals surface area (Å²) in [6.07, 6.45) is -0.314. The number of alkyl halides is 1. The fourth-order valence-electron chi connectivity index (χ4n) is 2.39. The van der Waals surface area contributed by atoms with E-state index in [1.807, 2.05) is 45.0 Å². The Kier molecular flexibility index (Phi) is 5.68. The van der Waals surface area contributed by atoms with Crippen molar-refractivity contribution in [2.75, 3.05) is 26.2 Å². The van der Waals surface area contributed by atoms with Gasteiger partial charge in [-0.2, -0.15) is 0 Å². The Labute approximate surface area is 145 Å². The summed E-state index contributed by atoms with van der Waals surface area (Å²) in [4.78, 5) is 28.0. The number of hydrogen-bond acceptors (Lipinski definition) is 3. The predicted octanol–water partition coefficient (Wildman–Crippen LogP) is 3.27. The second-order valence-electron chi connectivity index (χ2n) is 6.59. The number of benzene rings is 1. The number of carbonyl (C=O) groups excluding carboxylic acids is 2. The zero-order valence-electron chi connectivity index (χ0n) is 13.8. The monoisotopic (exact) mass is 382 g/mol. The summed E-state index contributed by atoms with van der Waals surface area (Å²) in [6, 6.07) is 7.60. The summed E-state index contributed by atoms with van der Waals surface area (Å²) in [5, 5.41) is 0.723. The lowest BCUT2D eigenvalue weighted by Gasteiger charge is -2.35. The summed E-state index contributed by atoms with van der Waals surface area (Å²) in [5.74, 6) is 0.0108. The van der Waals surface area contributed by atoms with E-state index in [1.165, 1.54) is 0 Å². The molecule has 1 fully saturated rings. The van der Waals surface area contributed by atoms with E-state index in [0.29, 0.717) is 31.7 Å². The average Bonchev–Trinajstić information content (AvgIpc) is 2.53. The molecule has 6 heteroatoms. The molecule has 1 heterocycles. The fourth-order valence-corrected chi connectivity index (χ4v) is 2.74. The van der Waals surface area contributed by atoms with E-state index < -0.39 is 5.60 Å². The topological polar surface area (TPSA) is 49.9 Å². The third-order valence-corrected chi connectivity index (χ3v) is 4.19. The van der Waals surface area contributed by atoms with Crippen LogP contribution in [0.1, 0.15) is 36.7 Å². The van der Waals surface area contributed by atoms with Crippen LogP contribution in [0.25, 0.3) is 0 Å². The molecule has 1 aliphatic heterocycles. The molecule has 1 aromatic carbocycles. The van der Waals surface area contributed by atoms with Gasteiger partial charge in [0, 0.05) is 37.1 Å². The molecule has 0 radical (unpaired) electrons. The van der Waals surface area contributed by atoms with Crippen molar-refractivity contribution in [3.8, 4) is 0 Å². The molecule has 0 bridgehead atoms. The third-order valence-electron chi connectivity index (χ3n) is 3.55. The van der Waals surface area contributed by atoms with Gasteiger partial charge in [0.05, 0.1) is 0 Å². The Hall–Kier alpha value is -1.56. The Morgan fingerprint density at radius 1 is 1.13 bits per heavy atom. The van der Waals surface area contributed by atoms with Crippen LogP contribution in [-0.2, 0) is 10.1 Å². The van der Waals surface area contributed by atoms with Crippen molar-refractivity contribution in [3.05, 3.63) is 35.4 Å². The first-order valence-corrected chi connectivity index (χ1v) is 8.84. The third kappa shape index (κ3) is 4.96. The first-order chi connectivity index (χ1) is 10.8. The van der Waals surface area contributed by atoms with Crippen molar-refractivity contribution < 1.29 is 14.3 Å². The van der Waals surface area contributed by atoms with E-state index in [4.69, 9.17) is 4.74 Å². The van der Waals surface area contributed by atoms with Crippen molar-refractivity contribution in [2.45, 2.75) is 31.7 Å². The van der Waals surface area contributed by atoms with E-state index in [-0.39, 0.29) is 12.0 Å². The highest BCUT2D eigenvalue weighted by molar-refractivity contribution is 9.08. The van der Waals surface area contributed by atoms with Crippen molar-refractivity contribution in [1.82, 2.24) is 9.80 Å². The normalized spacial score (nSPS) is 15.5. The van der Waals surface area contributed by atoms with Gasteiger partial charge in [-0.3, -0.25) is 4.79 Å². The van der Waals surface area contributed by atoms with Crippen LogP contribution in [0.15, 0.2) is 24.3 Å². The maximum Gasteiger partial charge on any atom is 0.410 e. The van der Waals surface area contributed by atoms with Gasteiger partial charge in [0.25, 0.3) is 5.91 Å². The van der Waals surface area contributed by atoms with Crippen molar-refractivity contribution in [3.63, 3.8) is 0 Å². The molecule has 0 atom stereocenters. The highest BCUT2D eigenvalue weighted by Gasteiger charge is 2.28. The predicted molar refractivity (Wildman–Crippen MR) is 92.8 cm³/mol. The molecule has 0 spiro atoms. The molecule has 2 rings (SSSR count). The number of piperazine rings is 1. The van der Waals surface area contributed by atoms with Crippen LogP contribution in [0.4, 0.5) is 4.79 Å². The van der Waals surface area contributed by atoms with Gasteiger partial charge in [-0.15, -0.1) is 0 Å². The van der Waals surface area contributed by atoms with Gasteiger partial charge in [-0.25, -0.2) is 4.79 Å². The van der Waals surface area contributed by atoms with Gasteiger partial charge in [0.15, 0.2) is 0 Å². The minimum atomic E-state index is -0.500. The van der Waals surface area contributed by atoms with Crippen LogP contribution < -0.4 is 0 Å². The van der Waals surface area contributed by atoms with E-state index in [2.05, 4.69) is 15.9 Å². The number of rotatable bonds is 2. The van der Waals surface area contributed by atoms with Crippen LogP contribution in [0.2, 0.25) is 0 Å². The molecule has 1 aromatic rings. The second kappa shape index (κ2) is 7.34. The Balaban J connectivity index is 1.93. The lowest BCUT2D eigenvalue weighted by molar-refractivity contribution is 0.0141. The maximum atomic E-state index is 12.5. The molecule has 0 unspecified atom stereocenters. The summed E-state index contributed by atoms with van der Waals surface area (Å²) >= 11 is 3.40. The quantitative estimate of drug-likeness (QED) is 0.737. The van der Waals surface area contributed by atoms with Crippen molar-refractivity contribution >= 4 is 27.9 Å². The van der Waals surface area contributed by atoms with Gasteiger partial charge >= 0.3 is 6.09 Å². The molecule has 1 aliphatic rings. The van der Waals surface area contributed by atoms with Gasteiger partial charge in [0.1, 0.15) is 5.60 Å². The van der Waals surface area contributed by atoms with E-state index in [9.17, 15) is 9.59 Å². The summed E-state index contributed by atoms with van der Waals surface area (Å²) in [5.41, 5.74) is 1.26.